The van der Waals surface area contributed by atoms with Crippen molar-refractivity contribution in [2.75, 3.05) is 0 Å². The van der Waals surface area contributed by atoms with Crippen molar-refractivity contribution in [3.63, 3.8) is 0 Å². The number of nitrogens with zero attached hydrogens (tertiary/aromatic N) is 3. The van der Waals surface area contributed by atoms with Crippen LogP contribution in [0, 0.1) is 0 Å². The van der Waals surface area contributed by atoms with E-state index in [1.54, 1.807) is 0 Å². The molecule has 6 nitrogen and oxygen atoms in total. The van der Waals surface area contributed by atoms with Gasteiger partial charge in [0.2, 0.25) is 0 Å². The predicted octanol–water partition coefficient (Wildman–Crippen LogP) is 17.1. The smallest absolute Gasteiger partial charge is 0.105 e. The van der Waals surface area contributed by atoms with Crippen LogP contribution in [0.1, 0.15) is 66.8 Å². The molecule has 0 saturated carbocycles. The van der Waals surface area contributed by atoms with Gasteiger partial charge in [0, 0.05) is 66.8 Å². The van der Waals surface area contributed by atoms with E-state index in [0.717, 1.165) is 92.0 Å². The minimum absolute atomic E-state index is 0.960. The summed E-state index contributed by atoms with van der Waals surface area (Å²) in [7, 11) is -3.37. The Balaban J connectivity index is 0.000000157. The monoisotopic (exact) mass is 1210 g/mol. The van der Waals surface area contributed by atoms with E-state index in [1.807, 2.05) is 0 Å². The fourth-order valence-corrected chi connectivity index (χ4v) is 12.7. The van der Waals surface area contributed by atoms with E-state index < -0.39 is 8.60 Å². The molecule has 12 rings (SSSR count). The normalized spacial score (nSPS) is 11.2. The van der Waals surface area contributed by atoms with Crippen LogP contribution in [-0.4, -0.2) is 13.4 Å². The third-order valence-electron chi connectivity index (χ3n) is 16.3. The van der Waals surface area contributed by atoms with Crippen molar-refractivity contribution < 1.29 is 28.1 Å². The van der Waals surface area contributed by atoms with Gasteiger partial charge in [-0.1, -0.05) is 364 Å². The topological polar surface area (TPSA) is 69.2 Å². The quantitative estimate of drug-likeness (QED) is 0.0447. The maximum atomic E-state index is 8.48. The summed E-state index contributed by atoms with van der Waals surface area (Å²) in [6, 6.07) is 131. The molecular weight excluding hydrogens is 1130 g/mol. The van der Waals surface area contributed by atoms with Gasteiger partial charge in [-0.05, 0) is 0 Å². The van der Waals surface area contributed by atoms with Crippen LogP contribution in [0.3, 0.4) is 0 Å². The highest BCUT2D eigenvalue weighted by Gasteiger charge is 2.32. The van der Waals surface area contributed by atoms with Crippen molar-refractivity contribution in [1.82, 2.24) is 0 Å². The van der Waals surface area contributed by atoms with Crippen LogP contribution in [-0.2, 0) is 78.5 Å². The van der Waals surface area contributed by atoms with E-state index in [2.05, 4.69) is 364 Å². The molecule has 0 aliphatic carbocycles. The summed E-state index contributed by atoms with van der Waals surface area (Å²) < 4.78 is 2.88. The molecular formula is C84H84N3O3P. The highest BCUT2D eigenvalue weighted by Crippen LogP contribution is 2.31. The minimum Gasteiger partial charge on any atom is -0.854 e. The van der Waals surface area contributed by atoms with Crippen molar-refractivity contribution in [3.8, 4) is 0 Å². The Morgan fingerprint density at radius 2 is 0.209 bits per heavy atom. The molecule has 0 aliphatic rings. The second kappa shape index (κ2) is 35.9. The summed E-state index contributed by atoms with van der Waals surface area (Å²) in [4.78, 5) is 25.4. The van der Waals surface area contributed by atoms with Crippen molar-refractivity contribution in [2.45, 2.75) is 78.5 Å². The minimum atomic E-state index is -3.37. The van der Waals surface area contributed by atoms with E-state index in [0.29, 0.717) is 0 Å². The van der Waals surface area contributed by atoms with Crippen LogP contribution < -0.4 is 14.7 Å². The molecule has 0 aliphatic heterocycles. The molecule has 0 radical (unpaired) electrons. The zero-order valence-corrected chi connectivity index (χ0v) is 53.0. The van der Waals surface area contributed by atoms with Gasteiger partial charge < -0.3 is 36.7 Å². The lowest BCUT2D eigenvalue weighted by Crippen LogP contribution is -2.45. The Morgan fingerprint density at radius 1 is 0.143 bits per heavy atom. The molecule has 7 heteroatoms. The zero-order chi connectivity index (χ0) is 62.9. The molecule has 91 heavy (non-hydrogen) atoms. The van der Waals surface area contributed by atoms with E-state index in [-0.39, 0.29) is 0 Å². The lowest BCUT2D eigenvalue weighted by molar-refractivity contribution is -0.978. The van der Waals surface area contributed by atoms with Crippen LogP contribution in [0.25, 0.3) is 0 Å². The first-order chi connectivity index (χ1) is 44.7. The summed E-state index contributed by atoms with van der Waals surface area (Å²) in [5, 5.41) is 0. The number of hydrogen-bond acceptors (Lipinski definition) is 3. The molecule has 0 fully saturated rings. The second-order valence-electron chi connectivity index (χ2n) is 24.0. The summed E-state index contributed by atoms with van der Waals surface area (Å²) in [6.07, 6.45) is 0. The molecule has 0 amide bonds. The molecule has 0 heterocycles. The summed E-state index contributed by atoms with van der Waals surface area (Å²) in [5.41, 5.74) is 16.6. The largest absolute Gasteiger partial charge is 0.854 e. The van der Waals surface area contributed by atoms with Gasteiger partial charge in [-0.15, -0.1) is 0 Å². The highest BCUT2D eigenvalue weighted by atomic mass is 31.2. The lowest BCUT2D eigenvalue weighted by Gasteiger charge is -2.39. The van der Waals surface area contributed by atoms with Crippen molar-refractivity contribution in [3.05, 3.63) is 431 Å². The van der Waals surface area contributed by atoms with Gasteiger partial charge >= 0.3 is 0 Å². The van der Waals surface area contributed by atoms with Crippen LogP contribution in [0.5, 0.6) is 0 Å². The van der Waals surface area contributed by atoms with Crippen molar-refractivity contribution in [1.29, 1.82) is 0 Å². The van der Waals surface area contributed by atoms with Crippen LogP contribution >= 0.6 is 8.60 Å². The Bertz CT molecular complexity index is 2910. The maximum absolute atomic E-state index is 8.48. The van der Waals surface area contributed by atoms with Crippen LogP contribution in [0.15, 0.2) is 364 Å². The molecule has 458 valence electrons. The molecule has 12 aromatic rings. The third kappa shape index (κ3) is 23.3. The Hall–Kier alpha value is -9.17. The Morgan fingerprint density at radius 3 is 0.275 bits per heavy atom. The Kier molecular flexibility index (Phi) is 26.1. The lowest BCUT2D eigenvalue weighted by atomic mass is 10.0. The van der Waals surface area contributed by atoms with Gasteiger partial charge in [-0.2, -0.15) is 0 Å². The van der Waals surface area contributed by atoms with E-state index in [9.17, 15) is 0 Å². The average Bonchev–Trinajstić information content (AvgIpc) is 1.81. The van der Waals surface area contributed by atoms with Crippen LogP contribution in [0.4, 0.5) is 0 Å². The molecule has 0 unspecified atom stereocenters. The molecule has 0 atom stereocenters. The van der Waals surface area contributed by atoms with Gasteiger partial charge in [0.05, 0.1) is 0 Å². The van der Waals surface area contributed by atoms with Gasteiger partial charge in [-0.25, -0.2) is 0 Å². The SMILES string of the molecule is [O-]P([O-])[O-].c1ccc(C[N+](Cc2ccccc2)(Cc2ccccc2)Cc2ccccc2)cc1.c1ccc(C[N+](Cc2ccccc2)(Cc2ccccc2)Cc2ccccc2)cc1.c1ccc(C[N+](Cc2ccccc2)(Cc2ccccc2)Cc2ccccc2)cc1. The van der Waals surface area contributed by atoms with Crippen LogP contribution in [0.2, 0.25) is 0 Å². The second-order valence-corrected chi connectivity index (χ2v) is 24.4. The van der Waals surface area contributed by atoms with Gasteiger partial charge in [-0.3, -0.25) is 0 Å². The summed E-state index contributed by atoms with van der Waals surface area (Å²) in [6.45, 7) is 12.0. The standard InChI is InChI=1S/3C28H28N.O3P/c3*1-5-13-25(14-6-1)21-29(22-26-15-7-2-8-16-26,23-27-17-9-3-10-18-27)24-28-19-11-4-12-20-28;1-4(2)3/h3*1-20H,21-24H2;/q3*+1;-3. The summed E-state index contributed by atoms with van der Waals surface area (Å²) >= 11 is 0. The predicted molar refractivity (Wildman–Crippen MR) is 369 cm³/mol. The fraction of sp³-hybridized carbons (Fsp3) is 0.143. The summed E-state index contributed by atoms with van der Waals surface area (Å²) in [5.74, 6) is 0. The van der Waals surface area contributed by atoms with E-state index >= 15 is 0 Å². The van der Waals surface area contributed by atoms with Gasteiger partial charge in [0.25, 0.3) is 0 Å². The first kappa shape index (κ1) is 66.3. The first-order valence-electron chi connectivity index (χ1n) is 31.5. The number of rotatable bonds is 24. The zero-order valence-electron chi connectivity index (χ0n) is 52.1. The first-order valence-corrected chi connectivity index (χ1v) is 32.6. The van der Waals surface area contributed by atoms with Gasteiger partial charge in [0.1, 0.15) is 78.5 Å². The molecule has 0 N–H and O–H groups in total. The molecule has 12 aromatic carbocycles. The fourth-order valence-electron chi connectivity index (χ4n) is 12.7. The number of benzene rings is 12. The van der Waals surface area contributed by atoms with E-state index in [1.165, 1.54) is 66.8 Å². The maximum Gasteiger partial charge on any atom is 0.105 e. The molecule has 0 spiro atoms. The van der Waals surface area contributed by atoms with Gasteiger partial charge in [0.15, 0.2) is 0 Å². The highest BCUT2D eigenvalue weighted by molar-refractivity contribution is 7.33. The van der Waals surface area contributed by atoms with Crippen molar-refractivity contribution >= 4 is 8.60 Å². The Labute approximate surface area is 543 Å². The van der Waals surface area contributed by atoms with Crippen molar-refractivity contribution in [2.24, 2.45) is 0 Å². The average molecular weight is 1210 g/mol. The molecule has 0 bridgehead atoms. The van der Waals surface area contributed by atoms with E-state index in [4.69, 9.17) is 14.7 Å². The number of quaternary nitrogens is 3. The number of hydrogen-bond donors (Lipinski definition) is 0. The molecule has 0 aromatic heterocycles. The molecule has 0 saturated heterocycles. The third-order valence-corrected chi connectivity index (χ3v) is 16.3.